The van der Waals surface area contributed by atoms with Gasteiger partial charge in [0.25, 0.3) is 5.91 Å². The molecule has 2 rings (SSSR count). The first-order valence-electron chi connectivity index (χ1n) is 8.43. The van der Waals surface area contributed by atoms with Crippen LogP contribution in [0.4, 0.5) is 5.88 Å². The smallest absolute Gasteiger partial charge is 0.342 e. The summed E-state index contributed by atoms with van der Waals surface area (Å²) >= 11 is 5.77. The van der Waals surface area contributed by atoms with Crippen molar-refractivity contribution in [2.75, 3.05) is 11.9 Å². The summed E-state index contributed by atoms with van der Waals surface area (Å²) in [5, 5.41) is 2.88. The maximum Gasteiger partial charge on any atom is 0.342 e. The highest BCUT2D eigenvalue weighted by Gasteiger charge is 2.29. The summed E-state index contributed by atoms with van der Waals surface area (Å²) < 4.78 is 10.2. The number of nitrogens with two attached hydrogens (primary N) is 1. The van der Waals surface area contributed by atoms with Crippen LogP contribution in [-0.4, -0.2) is 30.2 Å². The molecule has 0 saturated carbocycles. The zero-order valence-corrected chi connectivity index (χ0v) is 16.1. The Morgan fingerprint density at radius 3 is 2.32 bits per heavy atom. The molecule has 0 saturated heterocycles. The lowest BCUT2D eigenvalue weighted by molar-refractivity contribution is -0.116. The van der Waals surface area contributed by atoms with E-state index in [1.165, 1.54) is 6.92 Å². The van der Waals surface area contributed by atoms with Crippen LogP contribution < -0.4 is 11.1 Å². The van der Waals surface area contributed by atoms with Gasteiger partial charge in [0.2, 0.25) is 11.8 Å². The van der Waals surface area contributed by atoms with Crippen molar-refractivity contribution >= 4 is 41.1 Å². The summed E-state index contributed by atoms with van der Waals surface area (Å²) in [6.45, 7) is 3.15. The number of furan rings is 1. The monoisotopic (exact) mass is 406 g/mol. The number of hydrogen-bond acceptors (Lipinski definition) is 6. The molecule has 0 aliphatic carbocycles. The Balaban J connectivity index is 2.10. The van der Waals surface area contributed by atoms with Gasteiger partial charge < -0.3 is 14.9 Å². The Labute approximate surface area is 166 Å². The molecule has 148 valence electrons. The zero-order chi connectivity index (χ0) is 20.8. The predicted octanol–water partition coefficient (Wildman–Crippen LogP) is 3.12. The number of carbonyl (C=O) groups excluding carboxylic acids is 4. The van der Waals surface area contributed by atoms with Crippen LogP contribution in [-0.2, 0) is 9.53 Å². The summed E-state index contributed by atoms with van der Waals surface area (Å²) in [4.78, 5) is 48.1. The van der Waals surface area contributed by atoms with E-state index >= 15 is 0 Å². The van der Waals surface area contributed by atoms with Gasteiger partial charge in [-0.25, -0.2) is 4.79 Å². The first kappa shape index (κ1) is 21.2. The number of anilines is 1. The van der Waals surface area contributed by atoms with Crippen LogP contribution in [0.3, 0.4) is 0 Å². The number of Topliss-reactive ketones (excluding diaryl/α,β-unsaturated/α-hetero) is 1. The third-order valence-electron chi connectivity index (χ3n) is 3.81. The van der Waals surface area contributed by atoms with Crippen LogP contribution in [0.15, 0.2) is 28.7 Å². The van der Waals surface area contributed by atoms with E-state index in [4.69, 9.17) is 26.5 Å². The maximum atomic E-state index is 12.2. The summed E-state index contributed by atoms with van der Waals surface area (Å²) in [7, 11) is 0. The van der Waals surface area contributed by atoms with Crippen molar-refractivity contribution in [3.8, 4) is 0 Å². The molecule has 1 aromatic carbocycles. The van der Waals surface area contributed by atoms with Crippen molar-refractivity contribution in [1.82, 2.24) is 0 Å². The molecule has 28 heavy (non-hydrogen) atoms. The molecule has 0 fully saturated rings. The Hall–Kier alpha value is -3.13. The lowest BCUT2D eigenvalue weighted by Gasteiger charge is -2.05. The van der Waals surface area contributed by atoms with Crippen molar-refractivity contribution in [1.29, 1.82) is 0 Å². The fourth-order valence-electron chi connectivity index (χ4n) is 2.51. The molecule has 0 atom stereocenters. The van der Waals surface area contributed by atoms with Gasteiger partial charge in [0, 0.05) is 23.4 Å². The predicted molar refractivity (Wildman–Crippen MR) is 102 cm³/mol. The largest absolute Gasteiger partial charge is 0.462 e. The summed E-state index contributed by atoms with van der Waals surface area (Å²) in [6.07, 6.45) is -0.224. The number of amides is 2. The number of benzene rings is 1. The first-order valence-corrected chi connectivity index (χ1v) is 8.81. The number of aryl methyl sites for hydroxylation is 1. The molecule has 0 radical (unpaired) electrons. The van der Waals surface area contributed by atoms with Crippen molar-refractivity contribution < 1.29 is 28.3 Å². The average Bonchev–Trinajstić information content (AvgIpc) is 2.96. The van der Waals surface area contributed by atoms with Crippen LogP contribution in [0.2, 0.25) is 5.02 Å². The van der Waals surface area contributed by atoms with Crippen LogP contribution >= 0.6 is 11.6 Å². The van der Waals surface area contributed by atoms with Crippen LogP contribution in [0, 0.1) is 6.92 Å². The third-order valence-corrected chi connectivity index (χ3v) is 4.06. The Morgan fingerprint density at radius 2 is 1.75 bits per heavy atom. The summed E-state index contributed by atoms with van der Waals surface area (Å²) in [5.41, 5.74) is 5.34. The molecule has 3 N–H and O–H groups in total. The van der Waals surface area contributed by atoms with Crippen LogP contribution in [0.1, 0.15) is 56.6 Å². The van der Waals surface area contributed by atoms with Gasteiger partial charge in [-0.05, 0) is 38.1 Å². The van der Waals surface area contributed by atoms with Gasteiger partial charge in [0.15, 0.2) is 5.78 Å². The topological polar surface area (TPSA) is 129 Å². The molecule has 0 spiro atoms. The molecular weight excluding hydrogens is 388 g/mol. The number of halogens is 1. The van der Waals surface area contributed by atoms with Gasteiger partial charge in [-0.15, -0.1) is 0 Å². The fraction of sp³-hybridized carbons (Fsp3) is 0.263. The van der Waals surface area contributed by atoms with E-state index in [2.05, 4.69) is 5.32 Å². The Morgan fingerprint density at radius 1 is 1.11 bits per heavy atom. The number of rotatable bonds is 8. The van der Waals surface area contributed by atoms with E-state index < -0.39 is 17.8 Å². The third kappa shape index (κ3) is 4.98. The Kier molecular flexibility index (Phi) is 6.94. The van der Waals surface area contributed by atoms with E-state index in [1.807, 2.05) is 0 Å². The average molecular weight is 407 g/mol. The highest BCUT2D eigenvalue weighted by Crippen LogP contribution is 2.28. The number of nitrogens with one attached hydrogen (secondary N) is 1. The molecule has 0 aliphatic rings. The van der Waals surface area contributed by atoms with E-state index in [0.29, 0.717) is 10.6 Å². The molecule has 2 amide bonds. The molecule has 1 aromatic heterocycles. The molecule has 0 bridgehead atoms. The van der Waals surface area contributed by atoms with Crippen LogP contribution in [0.25, 0.3) is 0 Å². The number of carbonyl (C=O) groups is 4. The SMILES string of the molecule is CCOC(=O)c1c(C)oc(NC(=O)CCC(=O)c2ccc(Cl)cc2)c1C(N)=O. The number of esters is 1. The normalized spacial score (nSPS) is 10.4. The number of ether oxygens (including phenoxy) is 1. The Bertz CT molecular complexity index is 917. The lowest BCUT2D eigenvalue weighted by atomic mass is 10.1. The van der Waals surface area contributed by atoms with Gasteiger partial charge in [0.05, 0.1) is 6.61 Å². The van der Waals surface area contributed by atoms with Gasteiger partial charge >= 0.3 is 5.97 Å². The van der Waals surface area contributed by atoms with Crippen molar-refractivity contribution in [3.05, 3.63) is 51.7 Å². The molecule has 8 nitrogen and oxygen atoms in total. The van der Waals surface area contributed by atoms with Crippen molar-refractivity contribution in [2.24, 2.45) is 5.73 Å². The molecule has 2 aromatic rings. The van der Waals surface area contributed by atoms with Crippen molar-refractivity contribution in [2.45, 2.75) is 26.7 Å². The number of hydrogen-bond donors (Lipinski definition) is 2. The van der Waals surface area contributed by atoms with Crippen LogP contribution in [0.5, 0.6) is 0 Å². The van der Waals surface area contributed by atoms with Gasteiger partial charge in [-0.2, -0.15) is 0 Å². The fourth-order valence-corrected chi connectivity index (χ4v) is 2.64. The quantitative estimate of drug-likeness (QED) is 0.511. The number of primary amides is 1. The highest BCUT2D eigenvalue weighted by molar-refractivity contribution is 6.30. The second-order valence-corrected chi connectivity index (χ2v) is 6.24. The maximum absolute atomic E-state index is 12.2. The zero-order valence-electron chi connectivity index (χ0n) is 15.3. The molecule has 1 heterocycles. The van der Waals surface area contributed by atoms with Gasteiger partial charge in [0.1, 0.15) is 16.9 Å². The first-order chi connectivity index (χ1) is 13.2. The second kappa shape index (κ2) is 9.18. The van der Waals surface area contributed by atoms with E-state index in [-0.39, 0.29) is 48.0 Å². The van der Waals surface area contributed by atoms with E-state index in [9.17, 15) is 19.2 Å². The second-order valence-electron chi connectivity index (χ2n) is 5.80. The van der Waals surface area contributed by atoms with E-state index in [0.717, 1.165) is 0 Å². The number of ketones is 1. The minimum atomic E-state index is -0.951. The molecule has 9 heteroatoms. The standard InChI is InChI=1S/C19H19ClN2O6/c1-3-27-19(26)15-10(2)28-18(16(15)17(21)25)22-14(24)9-8-13(23)11-4-6-12(20)7-5-11/h4-7H,3,8-9H2,1-2H3,(H2,21,25)(H,22,24). The minimum absolute atomic E-state index is 0.0657. The molecule has 0 aliphatic heterocycles. The van der Waals surface area contributed by atoms with Gasteiger partial charge in [-0.3, -0.25) is 19.7 Å². The minimum Gasteiger partial charge on any atom is -0.462 e. The van der Waals surface area contributed by atoms with E-state index in [1.54, 1.807) is 31.2 Å². The van der Waals surface area contributed by atoms with Crippen molar-refractivity contribution in [3.63, 3.8) is 0 Å². The lowest BCUT2D eigenvalue weighted by Crippen LogP contribution is -2.20. The highest BCUT2D eigenvalue weighted by atomic mass is 35.5. The summed E-state index contributed by atoms with van der Waals surface area (Å²) in [5.74, 6) is -2.72. The molecule has 0 unspecified atom stereocenters. The summed E-state index contributed by atoms with van der Waals surface area (Å²) in [6, 6.07) is 6.29. The van der Waals surface area contributed by atoms with Gasteiger partial charge in [-0.1, -0.05) is 11.6 Å². The molecular formula is C19H19ClN2O6.